The molecule has 0 aromatic carbocycles. The Morgan fingerprint density at radius 3 is 2.95 bits per heavy atom. The quantitative estimate of drug-likeness (QED) is 0.776. The second kappa shape index (κ2) is 6.95. The molecule has 1 N–H and O–H groups in total. The maximum atomic E-state index is 5.15. The summed E-state index contributed by atoms with van der Waals surface area (Å²) in [7, 11) is 1.64. The van der Waals surface area contributed by atoms with Gasteiger partial charge in [0, 0.05) is 24.5 Å². The fraction of sp³-hybridized carbons (Fsp3) is 0.400. The maximum absolute atomic E-state index is 5.15. The molecule has 0 amide bonds. The zero-order valence-corrected chi connectivity index (χ0v) is 11.6. The Kier molecular flexibility index (Phi) is 4.98. The number of methoxy groups -OCH3 is 1. The summed E-state index contributed by atoms with van der Waals surface area (Å²) in [5, 5.41) is 3.42. The van der Waals surface area contributed by atoms with Crippen molar-refractivity contribution in [1.29, 1.82) is 0 Å². The number of pyridine rings is 1. The average molecular weight is 259 g/mol. The monoisotopic (exact) mass is 259 g/mol. The van der Waals surface area contributed by atoms with Gasteiger partial charge in [0.05, 0.1) is 19.3 Å². The lowest BCUT2D eigenvalue weighted by molar-refractivity contribution is 0.396. The molecule has 0 fully saturated rings. The predicted octanol–water partition coefficient (Wildman–Crippen LogP) is 2.44. The van der Waals surface area contributed by atoms with Crippen LogP contribution in [0.25, 0.3) is 0 Å². The topological polar surface area (TPSA) is 39.1 Å². The summed E-state index contributed by atoms with van der Waals surface area (Å²) < 4.78 is 7.36. The molecule has 2 aromatic rings. The van der Waals surface area contributed by atoms with Crippen molar-refractivity contribution < 1.29 is 4.74 Å². The Labute approximate surface area is 114 Å². The van der Waals surface area contributed by atoms with Crippen LogP contribution in [0.15, 0.2) is 36.5 Å². The third kappa shape index (κ3) is 3.83. The number of nitrogens with zero attached hydrogens (tertiary/aromatic N) is 2. The van der Waals surface area contributed by atoms with Gasteiger partial charge >= 0.3 is 0 Å². The molecule has 0 saturated heterocycles. The van der Waals surface area contributed by atoms with E-state index in [0.29, 0.717) is 5.88 Å². The summed E-state index contributed by atoms with van der Waals surface area (Å²) in [6, 6.07) is 10.1. The van der Waals surface area contributed by atoms with E-state index in [9.17, 15) is 0 Å². The molecule has 0 atom stereocenters. The first-order chi connectivity index (χ1) is 9.33. The van der Waals surface area contributed by atoms with E-state index in [4.69, 9.17) is 4.74 Å². The van der Waals surface area contributed by atoms with Crippen LogP contribution in [-0.2, 0) is 13.1 Å². The van der Waals surface area contributed by atoms with Crippen LogP contribution >= 0.6 is 0 Å². The SMILES string of the molecule is CCCNCc1cccn1Cc1cccc(OC)n1. The molecule has 2 rings (SSSR count). The molecule has 0 radical (unpaired) electrons. The van der Waals surface area contributed by atoms with Gasteiger partial charge in [-0.1, -0.05) is 13.0 Å². The van der Waals surface area contributed by atoms with Crippen molar-refractivity contribution in [1.82, 2.24) is 14.9 Å². The lowest BCUT2D eigenvalue weighted by Gasteiger charge is -2.10. The molecule has 102 valence electrons. The average Bonchev–Trinajstić information content (AvgIpc) is 2.87. The number of aromatic nitrogens is 2. The smallest absolute Gasteiger partial charge is 0.213 e. The van der Waals surface area contributed by atoms with Crippen molar-refractivity contribution >= 4 is 0 Å². The van der Waals surface area contributed by atoms with Crippen LogP contribution in [0.5, 0.6) is 5.88 Å². The van der Waals surface area contributed by atoms with Crippen molar-refractivity contribution in [3.8, 4) is 5.88 Å². The second-order valence-corrected chi connectivity index (χ2v) is 4.48. The molecule has 19 heavy (non-hydrogen) atoms. The van der Waals surface area contributed by atoms with Crippen LogP contribution in [0.4, 0.5) is 0 Å². The van der Waals surface area contributed by atoms with Crippen molar-refractivity contribution in [3.63, 3.8) is 0 Å². The lowest BCUT2D eigenvalue weighted by Crippen LogP contribution is -2.17. The van der Waals surface area contributed by atoms with Gasteiger partial charge in [-0.2, -0.15) is 0 Å². The minimum absolute atomic E-state index is 0.662. The van der Waals surface area contributed by atoms with Gasteiger partial charge in [-0.15, -0.1) is 0 Å². The van der Waals surface area contributed by atoms with E-state index in [1.165, 1.54) is 5.69 Å². The number of hydrogen-bond donors (Lipinski definition) is 1. The third-order valence-corrected chi connectivity index (χ3v) is 2.98. The van der Waals surface area contributed by atoms with Gasteiger partial charge in [0.1, 0.15) is 0 Å². The van der Waals surface area contributed by atoms with Gasteiger partial charge in [0.25, 0.3) is 0 Å². The molecule has 4 heteroatoms. The molecule has 0 saturated carbocycles. The van der Waals surface area contributed by atoms with Crippen molar-refractivity contribution in [3.05, 3.63) is 47.9 Å². The number of ether oxygens (including phenoxy) is 1. The van der Waals surface area contributed by atoms with Gasteiger partial charge in [-0.25, -0.2) is 4.98 Å². The van der Waals surface area contributed by atoms with Crippen LogP contribution < -0.4 is 10.1 Å². The Morgan fingerprint density at radius 2 is 2.16 bits per heavy atom. The largest absolute Gasteiger partial charge is 0.481 e. The molecule has 0 unspecified atom stereocenters. The van der Waals surface area contributed by atoms with Crippen molar-refractivity contribution in [2.75, 3.05) is 13.7 Å². The molecule has 0 bridgehead atoms. The molecule has 2 aromatic heterocycles. The van der Waals surface area contributed by atoms with E-state index < -0.39 is 0 Å². The molecular formula is C15H21N3O. The normalized spacial score (nSPS) is 10.6. The summed E-state index contributed by atoms with van der Waals surface area (Å²) in [6.07, 6.45) is 3.24. The first-order valence-corrected chi connectivity index (χ1v) is 6.68. The first-order valence-electron chi connectivity index (χ1n) is 6.68. The van der Waals surface area contributed by atoms with Crippen molar-refractivity contribution in [2.24, 2.45) is 0 Å². The molecule has 0 aliphatic heterocycles. The van der Waals surface area contributed by atoms with Crippen LogP contribution in [0.1, 0.15) is 24.7 Å². The Hall–Kier alpha value is -1.81. The maximum Gasteiger partial charge on any atom is 0.213 e. The van der Waals surface area contributed by atoms with E-state index >= 15 is 0 Å². The summed E-state index contributed by atoms with van der Waals surface area (Å²) >= 11 is 0. The number of hydrogen-bond acceptors (Lipinski definition) is 3. The first kappa shape index (κ1) is 13.6. The standard InChI is InChI=1S/C15H21N3O/c1-3-9-16-11-14-7-5-10-18(14)12-13-6-4-8-15(17-13)19-2/h4-8,10,16H,3,9,11-12H2,1-2H3. The van der Waals surface area contributed by atoms with Gasteiger partial charge in [0.2, 0.25) is 5.88 Å². The minimum atomic E-state index is 0.662. The highest BCUT2D eigenvalue weighted by Gasteiger charge is 2.03. The summed E-state index contributed by atoms with van der Waals surface area (Å²) in [4.78, 5) is 4.44. The fourth-order valence-corrected chi connectivity index (χ4v) is 1.99. The lowest BCUT2D eigenvalue weighted by atomic mass is 10.3. The van der Waals surface area contributed by atoms with E-state index in [2.05, 4.69) is 40.1 Å². The van der Waals surface area contributed by atoms with Crippen LogP contribution in [0.2, 0.25) is 0 Å². The minimum Gasteiger partial charge on any atom is -0.481 e. The van der Waals surface area contributed by atoms with Crippen LogP contribution in [0.3, 0.4) is 0 Å². The molecule has 2 heterocycles. The van der Waals surface area contributed by atoms with Gasteiger partial charge < -0.3 is 14.6 Å². The molecule has 0 spiro atoms. The summed E-state index contributed by atoms with van der Waals surface area (Å²) in [5.74, 6) is 0.662. The Balaban J connectivity index is 2.03. The Morgan fingerprint density at radius 1 is 1.26 bits per heavy atom. The number of nitrogens with one attached hydrogen (secondary N) is 1. The van der Waals surface area contributed by atoms with Crippen LogP contribution in [-0.4, -0.2) is 23.2 Å². The number of rotatable bonds is 7. The highest BCUT2D eigenvalue weighted by atomic mass is 16.5. The van der Waals surface area contributed by atoms with E-state index in [1.54, 1.807) is 7.11 Å². The van der Waals surface area contributed by atoms with E-state index in [1.807, 2.05) is 18.2 Å². The second-order valence-electron chi connectivity index (χ2n) is 4.48. The zero-order valence-electron chi connectivity index (χ0n) is 11.6. The molecule has 4 nitrogen and oxygen atoms in total. The summed E-state index contributed by atoms with van der Waals surface area (Å²) in [5.41, 5.74) is 2.28. The fourth-order valence-electron chi connectivity index (χ4n) is 1.99. The van der Waals surface area contributed by atoms with E-state index in [0.717, 1.165) is 31.7 Å². The van der Waals surface area contributed by atoms with Crippen molar-refractivity contribution in [2.45, 2.75) is 26.4 Å². The predicted molar refractivity (Wildman–Crippen MR) is 76.3 cm³/mol. The van der Waals surface area contributed by atoms with Crippen LogP contribution in [0, 0.1) is 0 Å². The Bertz CT molecular complexity index is 508. The molecule has 0 aliphatic rings. The van der Waals surface area contributed by atoms with E-state index in [-0.39, 0.29) is 0 Å². The highest BCUT2D eigenvalue weighted by molar-refractivity contribution is 5.17. The van der Waals surface area contributed by atoms with Gasteiger partial charge in [-0.05, 0) is 31.2 Å². The van der Waals surface area contributed by atoms with Gasteiger partial charge in [0.15, 0.2) is 0 Å². The molecule has 0 aliphatic carbocycles. The molecular weight excluding hydrogens is 238 g/mol. The summed E-state index contributed by atoms with van der Waals surface area (Å²) in [6.45, 7) is 4.88. The third-order valence-electron chi connectivity index (χ3n) is 2.98. The van der Waals surface area contributed by atoms with Gasteiger partial charge in [-0.3, -0.25) is 0 Å². The zero-order chi connectivity index (χ0) is 13.5. The highest BCUT2D eigenvalue weighted by Crippen LogP contribution is 2.10.